The van der Waals surface area contributed by atoms with Crippen LogP contribution < -0.4 is 15.6 Å². The predicted octanol–water partition coefficient (Wildman–Crippen LogP) is 3.07. The lowest BCUT2D eigenvalue weighted by molar-refractivity contribution is -0.384. The molecule has 0 saturated heterocycles. The van der Waals surface area contributed by atoms with Gasteiger partial charge in [0.2, 0.25) is 0 Å². The van der Waals surface area contributed by atoms with Gasteiger partial charge in [-0.05, 0) is 29.8 Å². The number of carbonyl (C=O) groups is 1. The molecule has 1 N–H and O–H groups in total. The van der Waals surface area contributed by atoms with Crippen molar-refractivity contribution in [3.05, 3.63) is 98.5 Å². The maximum absolute atomic E-state index is 12.7. The van der Waals surface area contributed by atoms with E-state index in [9.17, 15) is 19.7 Å². The van der Waals surface area contributed by atoms with Crippen molar-refractivity contribution >= 4 is 17.3 Å². The van der Waals surface area contributed by atoms with Crippen LogP contribution in [0.4, 0.5) is 11.4 Å². The molecule has 0 fully saturated rings. The number of hydrogen-bond donors (Lipinski definition) is 1. The normalized spacial score (nSPS) is 10.3. The Morgan fingerprint density at radius 3 is 2.50 bits per heavy atom. The second kappa shape index (κ2) is 8.17. The number of para-hydroxylation sites is 2. The lowest BCUT2D eigenvalue weighted by Gasteiger charge is -2.11. The van der Waals surface area contributed by atoms with Crippen LogP contribution in [0.25, 0.3) is 0 Å². The maximum Gasteiger partial charge on any atom is 0.269 e. The zero-order valence-electron chi connectivity index (χ0n) is 15.0. The SMILES string of the molecule is COc1ccccc1NC(=O)c1cccn(Cc2ccc([N+](=O)[O-])cc2)c1=O. The second-order valence-corrected chi connectivity index (χ2v) is 5.93. The highest BCUT2D eigenvalue weighted by molar-refractivity contribution is 6.04. The molecule has 3 rings (SSSR count). The van der Waals surface area contributed by atoms with E-state index in [0.717, 1.165) is 0 Å². The van der Waals surface area contributed by atoms with Crippen LogP contribution in [-0.4, -0.2) is 22.5 Å². The third kappa shape index (κ3) is 4.07. The van der Waals surface area contributed by atoms with Gasteiger partial charge in [-0.15, -0.1) is 0 Å². The van der Waals surface area contributed by atoms with Crippen molar-refractivity contribution in [2.75, 3.05) is 12.4 Å². The van der Waals surface area contributed by atoms with Crippen LogP contribution >= 0.6 is 0 Å². The first-order valence-corrected chi connectivity index (χ1v) is 8.37. The Labute approximate surface area is 160 Å². The molecule has 0 aliphatic heterocycles. The number of pyridine rings is 1. The van der Waals surface area contributed by atoms with Gasteiger partial charge in [-0.1, -0.05) is 24.3 Å². The monoisotopic (exact) mass is 379 g/mol. The van der Waals surface area contributed by atoms with Crippen molar-refractivity contribution in [3.63, 3.8) is 0 Å². The molecule has 28 heavy (non-hydrogen) atoms. The number of carbonyl (C=O) groups excluding carboxylic acids is 1. The summed E-state index contributed by atoms with van der Waals surface area (Å²) in [5.41, 5.74) is 0.653. The Hall–Kier alpha value is -3.94. The van der Waals surface area contributed by atoms with E-state index in [1.54, 1.807) is 48.7 Å². The van der Waals surface area contributed by atoms with Gasteiger partial charge in [0.25, 0.3) is 17.2 Å². The van der Waals surface area contributed by atoms with Crippen LogP contribution in [0.3, 0.4) is 0 Å². The minimum absolute atomic E-state index is 0.0182. The first-order valence-electron chi connectivity index (χ1n) is 8.37. The van der Waals surface area contributed by atoms with Gasteiger partial charge in [0.15, 0.2) is 0 Å². The summed E-state index contributed by atoms with van der Waals surface area (Å²) in [5.74, 6) is -0.0643. The molecule has 0 aliphatic carbocycles. The summed E-state index contributed by atoms with van der Waals surface area (Å²) in [5, 5.41) is 13.4. The van der Waals surface area contributed by atoms with Crippen LogP contribution in [0, 0.1) is 10.1 Å². The fourth-order valence-electron chi connectivity index (χ4n) is 2.69. The van der Waals surface area contributed by atoms with Gasteiger partial charge in [0.05, 0.1) is 24.3 Å². The predicted molar refractivity (Wildman–Crippen MR) is 104 cm³/mol. The highest BCUT2D eigenvalue weighted by atomic mass is 16.6. The number of hydrogen-bond acceptors (Lipinski definition) is 5. The zero-order chi connectivity index (χ0) is 20.1. The van der Waals surface area contributed by atoms with Crippen molar-refractivity contribution in [1.29, 1.82) is 0 Å². The number of ether oxygens (including phenoxy) is 1. The Balaban J connectivity index is 1.83. The highest BCUT2D eigenvalue weighted by Gasteiger charge is 2.14. The summed E-state index contributed by atoms with van der Waals surface area (Å²) in [6, 6.07) is 15.8. The molecule has 1 aromatic heterocycles. The fraction of sp³-hybridized carbons (Fsp3) is 0.100. The largest absolute Gasteiger partial charge is 0.495 e. The average Bonchev–Trinajstić information content (AvgIpc) is 2.70. The van der Waals surface area contributed by atoms with Crippen LogP contribution in [0.15, 0.2) is 71.7 Å². The summed E-state index contributed by atoms with van der Waals surface area (Å²) in [6.07, 6.45) is 1.56. The van der Waals surface area contributed by atoms with Gasteiger partial charge in [-0.25, -0.2) is 0 Å². The minimum atomic E-state index is -0.549. The minimum Gasteiger partial charge on any atom is -0.495 e. The number of rotatable bonds is 6. The first kappa shape index (κ1) is 18.8. The van der Waals surface area contributed by atoms with Crippen LogP contribution in [0.1, 0.15) is 15.9 Å². The maximum atomic E-state index is 12.7. The molecular formula is C20H17N3O5. The molecule has 1 heterocycles. The number of benzene rings is 2. The average molecular weight is 379 g/mol. The summed E-state index contributed by atoms with van der Waals surface area (Å²) < 4.78 is 6.57. The fourth-order valence-corrected chi connectivity index (χ4v) is 2.69. The molecule has 2 aromatic carbocycles. The molecule has 0 spiro atoms. The number of aromatic nitrogens is 1. The molecule has 0 radical (unpaired) electrons. The van der Waals surface area contributed by atoms with E-state index < -0.39 is 16.4 Å². The molecule has 0 saturated carbocycles. The molecule has 0 unspecified atom stereocenters. The topological polar surface area (TPSA) is 103 Å². The van der Waals surface area contributed by atoms with E-state index in [4.69, 9.17) is 4.74 Å². The lowest BCUT2D eigenvalue weighted by atomic mass is 10.2. The molecule has 0 bridgehead atoms. The third-order valence-corrected chi connectivity index (χ3v) is 4.12. The zero-order valence-corrected chi connectivity index (χ0v) is 15.0. The van der Waals surface area contributed by atoms with E-state index >= 15 is 0 Å². The van der Waals surface area contributed by atoms with Crippen molar-refractivity contribution < 1.29 is 14.5 Å². The van der Waals surface area contributed by atoms with E-state index in [0.29, 0.717) is 17.0 Å². The third-order valence-electron chi connectivity index (χ3n) is 4.12. The van der Waals surface area contributed by atoms with Crippen LogP contribution in [-0.2, 0) is 6.54 Å². The van der Waals surface area contributed by atoms with E-state index in [1.807, 2.05) is 0 Å². The molecule has 3 aromatic rings. The van der Waals surface area contributed by atoms with Crippen molar-refractivity contribution in [1.82, 2.24) is 4.57 Å². The Kier molecular flexibility index (Phi) is 5.50. The molecule has 0 atom stereocenters. The van der Waals surface area contributed by atoms with E-state index in [2.05, 4.69) is 5.32 Å². The van der Waals surface area contributed by atoms with Gasteiger partial charge in [0, 0.05) is 18.3 Å². The number of anilines is 1. The van der Waals surface area contributed by atoms with Gasteiger partial charge in [-0.3, -0.25) is 19.7 Å². The molecule has 8 nitrogen and oxygen atoms in total. The Morgan fingerprint density at radius 1 is 1.11 bits per heavy atom. The Morgan fingerprint density at radius 2 is 1.82 bits per heavy atom. The van der Waals surface area contributed by atoms with Crippen LogP contribution in [0.2, 0.25) is 0 Å². The molecule has 8 heteroatoms. The number of non-ortho nitro benzene ring substituents is 1. The number of methoxy groups -OCH3 is 1. The standard InChI is InChI=1S/C20H17N3O5/c1-28-18-7-3-2-6-17(18)21-19(24)16-5-4-12-22(20(16)25)13-14-8-10-15(11-9-14)23(26)27/h2-12H,13H2,1H3,(H,21,24). The molecule has 1 amide bonds. The quantitative estimate of drug-likeness (QED) is 0.524. The summed E-state index contributed by atoms with van der Waals surface area (Å²) >= 11 is 0. The van der Waals surface area contributed by atoms with Crippen LogP contribution in [0.5, 0.6) is 5.75 Å². The van der Waals surface area contributed by atoms with Crippen molar-refractivity contribution in [3.8, 4) is 5.75 Å². The van der Waals surface area contributed by atoms with Crippen molar-refractivity contribution in [2.45, 2.75) is 6.54 Å². The number of nitrogens with one attached hydrogen (secondary N) is 1. The van der Waals surface area contributed by atoms with E-state index in [1.165, 1.54) is 29.9 Å². The number of amides is 1. The molecular weight excluding hydrogens is 362 g/mol. The Bertz CT molecular complexity index is 1070. The highest BCUT2D eigenvalue weighted by Crippen LogP contribution is 2.23. The lowest BCUT2D eigenvalue weighted by Crippen LogP contribution is -2.29. The van der Waals surface area contributed by atoms with Gasteiger partial charge in [-0.2, -0.15) is 0 Å². The summed E-state index contributed by atoms with van der Waals surface area (Å²) in [6.45, 7) is 0.187. The summed E-state index contributed by atoms with van der Waals surface area (Å²) in [4.78, 5) is 35.5. The van der Waals surface area contributed by atoms with E-state index in [-0.39, 0.29) is 17.8 Å². The summed E-state index contributed by atoms with van der Waals surface area (Å²) in [7, 11) is 1.49. The smallest absolute Gasteiger partial charge is 0.269 e. The molecule has 0 aliphatic rings. The van der Waals surface area contributed by atoms with Gasteiger partial charge < -0.3 is 14.6 Å². The first-order chi connectivity index (χ1) is 13.5. The molecule has 142 valence electrons. The second-order valence-electron chi connectivity index (χ2n) is 5.93. The van der Waals surface area contributed by atoms with Gasteiger partial charge in [0.1, 0.15) is 11.3 Å². The van der Waals surface area contributed by atoms with Gasteiger partial charge >= 0.3 is 0 Å². The van der Waals surface area contributed by atoms with Crippen molar-refractivity contribution in [2.24, 2.45) is 0 Å². The number of nitro groups is 1. The number of nitro benzene ring substituents is 1. The number of nitrogens with zero attached hydrogens (tertiary/aromatic N) is 2.